The number of benzene rings is 3. The summed E-state index contributed by atoms with van der Waals surface area (Å²) in [6.45, 7) is 6.51. The minimum absolute atomic E-state index is 0.0534. The molecular weight excluding hydrogens is 648 g/mol. The van der Waals surface area contributed by atoms with Crippen molar-refractivity contribution >= 4 is 45.9 Å². The Morgan fingerprint density at radius 3 is 2.41 bits per heavy atom. The first kappa shape index (κ1) is 33.0. The van der Waals surface area contributed by atoms with E-state index in [1.54, 1.807) is 17.0 Å². The van der Waals surface area contributed by atoms with E-state index in [0.717, 1.165) is 34.5 Å². The van der Waals surface area contributed by atoms with Crippen LogP contribution in [0.3, 0.4) is 0 Å². The molecule has 46 heavy (non-hydrogen) atoms. The maximum atomic E-state index is 13.2. The Labute approximate surface area is 270 Å². The number of nitrogens with zero attached hydrogens (tertiary/aromatic N) is 5. The summed E-state index contributed by atoms with van der Waals surface area (Å²) in [5.41, 5.74) is 4.86. The summed E-state index contributed by atoms with van der Waals surface area (Å²) in [6, 6.07) is 17.9. The van der Waals surface area contributed by atoms with Crippen molar-refractivity contribution in [1.82, 2.24) is 20.1 Å². The standard InChI is InChI=1S/C31H27F5N6O2S2/c1-18(2)24-13-4-19(3)14-25(24)42-26(43)16-46-29(42)39-28(45)37-15-20-5-7-21(8-6-20)27-38-17-41(40-27)22-9-11-23(12-10-22)44-31(35,36)30(32,33)34/h4-14,17-18H,15-16H2,1-3H3,(H,37,45)/b39-29-. The third kappa shape index (κ3) is 7.36. The van der Waals surface area contributed by atoms with Crippen molar-refractivity contribution < 1.29 is 31.5 Å². The molecule has 1 aromatic heterocycles. The lowest BCUT2D eigenvalue weighted by Gasteiger charge is -2.22. The molecule has 0 unspecified atom stereocenters. The fourth-order valence-corrected chi connectivity index (χ4v) is 5.57. The van der Waals surface area contributed by atoms with E-state index in [4.69, 9.17) is 12.2 Å². The summed E-state index contributed by atoms with van der Waals surface area (Å²) in [7, 11) is 0. The van der Waals surface area contributed by atoms with Crippen LogP contribution in [0.25, 0.3) is 17.1 Å². The molecule has 1 fully saturated rings. The maximum Gasteiger partial charge on any atom is 0.499 e. The van der Waals surface area contributed by atoms with Gasteiger partial charge in [0.2, 0.25) is 5.91 Å². The van der Waals surface area contributed by atoms with Crippen molar-refractivity contribution in [2.75, 3.05) is 10.7 Å². The lowest BCUT2D eigenvalue weighted by Crippen LogP contribution is -2.41. The zero-order valence-electron chi connectivity index (χ0n) is 24.7. The Bertz CT molecular complexity index is 1770. The van der Waals surface area contributed by atoms with Crippen molar-refractivity contribution in [3.05, 3.63) is 89.7 Å². The number of thiocarbonyl (C=S) groups is 1. The number of amides is 1. The van der Waals surface area contributed by atoms with E-state index >= 15 is 0 Å². The summed E-state index contributed by atoms with van der Waals surface area (Å²) in [6.07, 6.45) is -9.76. The molecule has 5 rings (SSSR count). The Hall–Kier alpha value is -4.37. The number of carbonyl (C=O) groups excluding carboxylic acids is 1. The molecule has 0 saturated carbocycles. The van der Waals surface area contributed by atoms with Gasteiger partial charge in [0.25, 0.3) is 0 Å². The van der Waals surface area contributed by atoms with Crippen LogP contribution in [0.4, 0.5) is 27.6 Å². The molecule has 2 heterocycles. The predicted octanol–water partition coefficient (Wildman–Crippen LogP) is 7.41. The number of anilines is 1. The van der Waals surface area contributed by atoms with Gasteiger partial charge >= 0.3 is 12.3 Å². The molecule has 3 aromatic carbocycles. The molecular formula is C31H27F5N6O2S2. The minimum atomic E-state index is -5.84. The molecule has 0 atom stereocenters. The number of amidine groups is 1. The van der Waals surface area contributed by atoms with E-state index in [9.17, 15) is 26.7 Å². The fraction of sp³-hybridized carbons (Fsp3) is 0.258. The molecule has 1 aliphatic rings. The van der Waals surface area contributed by atoms with E-state index in [-0.39, 0.29) is 22.7 Å². The number of hydrogen-bond donors (Lipinski definition) is 1. The summed E-state index contributed by atoms with van der Waals surface area (Å²) in [5, 5.41) is 8.24. The van der Waals surface area contributed by atoms with Crippen molar-refractivity contribution in [3.63, 3.8) is 0 Å². The number of aliphatic imine (C=N–C) groups is 1. The van der Waals surface area contributed by atoms with Crippen LogP contribution in [0.15, 0.2) is 78.0 Å². The molecule has 0 radical (unpaired) electrons. The molecule has 4 aromatic rings. The van der Waals surface area contributed by atoms with Gasteiger partial charge < -0.3 is 10.1 Å². The van der Waals surface area contributed by atoms with Gasteiger partial charge in [0.1, 0.15) is 12.1 Å². The van der Waals surface area contributed by atoms with Gasteiger partial charge in [-0.3, -0.25) is 9.69 Å². The van der Waals surface area contributed by atoms with Gasteiger partial charge in [-0.05, 0) is 72.1 Å². The highest BCUT2D eigenvalue weighted by atomic mass is 32.2. The third-order valence-corrected chi connectivity index (χ3v) is 8.00. The molecule has 1 aliphatic heterocycles. The Balaban J connectivity index is 1.21. The Morgan fingerprint density at radius 2 is 1.76 bits per heavy atom. The first-order valence-electron chi connectivity index (χ1n) is 13.9. The summed E-state index contributed by atoms with van der Waals surface area (Å²) >= 11 is 6.81. The molecule has 15 heteroatoms. The maximum absolute atomic E-state index is 13.2. The average Bonchev–Trinajstić information content (AvgIpc) is 3.63. The van der Waals surface area contributed by atoms with E-state index in [1.807, 2.05) is 37.3 Å². The number of halogens is 5. The van der Waals surface area contributed by atoms with Crippen LogP contribution in [-0.2, 0) is 11.3 Å². The topological polar surface area (TPSA) is 84.6 Å². The van der Waals surface area contributed by atoms with Crippen LogP contribution >= 0.6 is 24.0 Å². The van der Waals surface area contributed by atoms with Gasteiger partial charge in [0.15, 0.2) is 16.1 Å². The second-order valence-corrected chi connectivity index (χ2v) is 11.9. The highest BCUT2D eigenvalue weighted by Gasteiger charge is 2.61. The molecule has 240 valence electrons. The van der Waals surface area contributed by atoms with Gasteiger partial charge in [-0.25, -0.2) is 9.67 Å². The van der Waals surface area contributed by atoms with Crippen LogP contribution in [0, 0.1) is 6.92 Å². The van der Waals surface area contributed by atoms with Gasteiger partial charge in [-0.2, -0.15) is 26.9 Å². The lowest BCUT2D eigenvalue weighted by atomic mass is 9.99. The predicted molar refractivity (Wildman–Crippen MR) is 171 cm³/mol. The van der Waals surface area contributed by atoms with E-state index in [1.165, 1.54) is 34.9 Å². The van der Waals surface area contributed by atoms with Gasteiger partial charge in [0.05, 0.1) is 17.1 Å². The number of thioether (sulfide) groups is 1. The minimum Gasteiger partial charge on any atom is -0.426 e. The van der Waals surface area contributed by atoms with Crippen molar-refractivity contribution in [3.8, 4) is 22.8 Å². The zero-order chi connectivity index (χ0) is 33.2. The number of aromatic nitrogens is 3. The van der Waals surface area contributed by atoms with Crippen LogP contribution in [0.2, 0.25) is 0 Å². The van der Waals surface area contributed by atoms with Gasteiger partial charge in [-0.1, -0.05) is 62.0 Å². The van der Waals surface area contributed by atoms with Crippen LogP contribution in [0.5, 0.6) is 5.75 Å². The molecule has 8 nitrogen and oxygen atoms in total. The molecule has 1 amide bonds. The Kier molecular flexibility index (Phi) is 9.44. The van der Waals surface area contributed by atoms with Crippen molar-refractivity contribution in [2.24, 2.45) is 4.99 Å². The third-order valence-electron chi connectivity index (χ3n) is 6.84. The quantitative estimate of drug-likeness (QED) is 0.154. The highest BCUT2D eigenvalue weighted by molar-refractivity contribution is 8.15. The number of hydrogen-bond acceptors (Lipinski definition) is 6. The van der Waals surface area contributed by atoms with E-state index in [0.29, 0.717) is 28.8 Å². The normalized spacial score (nSPS) is 14.8. The number of carbonyl (C=O) groups is 1. The second kappa shape index (κ2) is 13.2. The number of rotatable bonds is 8. The lowest BCUT2D eigenvalue weighted by molar-refractivity contribution is -0.360. The highest BCUT2D eigenvalue weighted by Crippen LogP contribution is 2.37. The van der Waals surface area contributed by atoms with Gasteiger partial charge in [-0.15, -0.1) is 5.10 Å². The first-order chi connectivity index (χ1) is 21.7. The molecule has 0 aliphatic carbocycles. The van der Waals surface area contributed by atoms with Gasteiger partial charge in [0, 0.05) is 12.1 Å². The van der Waals surface area contributed by atoms with E-state index < -0.39 is 18.0 Å². The molecule has 0 spiro atoms. The molecule has 0 bridgehead atoms. The SMILES string of the molecule is Cc1ccc(C(C)C)c(N2C(=O)CS/C2=N\C(=S)NCc2ccc(-c3ncn(-c4ccc(OC(F)(F)C(F)(F)F)cc4)n3)cc2)c1. The Morgan fingerprint density at radius 1 is 1.07 bits per heavy atom. The molecule has 1 N–H and O–H groups in total. The summed E-state index contributed by atoms with van der Waals surface area (Å²) in [5.74, 6) is 0.152. The average molecular weight is 675 g/mol. The summed E-state index contributed by atoms with van der Waals surface area (Å²) in [4.78, 5) is 23.3. The molecule has 1 saturated heterocycles. The van der Waals surface area contributed by atoms with E-state index in [2.05, 4.69) is 39.0 Å². The second-order valence-electron chi connectivity index (χ2n) is 10.6. The zero-order valence-corrected chi connectivity index (χ0v) is 26.3. The van der Waals surface area contributed by atoms with Crippen LogP contribution in [-0.4, -0.2) is 49.0 Å². The van der Waals surface area contributed by atoms with Crippen LogP contribution < -0.4 is 15.0 Å². The number of aryl methyl sites for hydroxylation is 1. The monoisotopic (exact) mass is 674 g/mol. The number of nitrogens with one attached hydrogen (secondary N) is 1. The van der Waals surface area contributed by atoms with Crippen molar-refractivity contribution in [1.29, 1.82) is 0 Å². The van der Waals surface area contributed by atoms with Crippen molar-refractivity contribution in [2.45, 2.75) is 45.5 Å². The smallest absolute Gasteiger partial charge is 0.426 e. The largest absolute Gasteiger partial charge is 0.499 e. The number of alkyl halides is 5. The fourth-order valence-electron chi connectivity index (χ4n) is 4.49. The van der Waals surface area contributed by atoms with Crippen LogP contribution in [0.1, 0.15) is 36.5 Å². The first-order valence-corrected chi connectivity index (χ1v) is 15.3. The number of ether oxygens (including phenoxy) is 1. The summed E-state index contributed by atoms with van der Waals surface area (Å²) < 4.78 is 68.7.